The molecule has 0 spiro atoms. The lowest BCUT2D eigenvalue weighted by molar-refractivity contribution is 0.0944. The van der Waals surface area contributed by atoms with Crippen LogP contribution in [0.4, 0.5) is 5.69 Å². The zero-order valence-electron chi connectivity index (χ0n) is 10.7. The molecule has 1 unspecified atom stereocenters. The molecule has 1 aromatic rings. The molecule has 0 radical (unpaired) electrons. The number of amides is 1. The molecule has 0 saturated heterocycles. The van der Waals surface area contributed by atoms with E-state index < -0.39 is 15.9 Å². The van der Waals surface area contributed by atoms with Gasteiger partial charge in [-0.15, -0.1) is 0 Å². The quantitative estimate of drug-likeness (QED) is 0.790. The van der Waals surface area contributed by atoms with Crippen molar-refractivity contribution < 1.29 is 13.2 Å². The second-order valence-corrected chi connectivity index (χ2v) is 6.74. The number of carbonyl (C=O) groups is 1. The van der Waals surface area contributed by atoms with Crippen molar-refractivity contribution in [2.45, 2.75) is 19.9 Å². The molecule has 1 aromatic carbocycles. The lowest BCUT2D eigenvalue weighted by Gasteiger charge is -2.14. The molecular formula is C12H18N2O3S. The van der Waals surface area contributed by atoms with Crippen LogP contribution in [-0.2, 0) is 9.84 Å². The van der Waals surface area contributed by atoms with Gasteiger partial charge in [0.25, 0.3) is 5.91 Å². The molecule has 0 fully saturated rings. The molecule has 100 valence electrons. The fraction of sp³-hybridized carbons (Fsp3) is 0.417. The third-order valence-electron chi connectivity index (χ3n) is 2.38. The van der Waals surface area contributed by atoms with E-state index in [-0.39, 0.29) is 11.7 Å². The Morgan fingerprint density at radius 3 is 2.61 bits per heavy atom. The van der Waals surface area contributed by atoms with E-state index in [0.29, 0.717) is 11.3 Å². The highest BCUT2D eigenvalue weighted by atomic mass is 32.2. The number of benzene rings is 1. The van der Waals surface area contributed by atoms with E-state index in [2.05, 4.69) is 5.32 Å². The van der Waals surface area contributed by atoms with Crippen LogP contribution in [0.2, 0.25) is 0 Å². The molecule has 0 bridgehead atoms. The number of rotatable bonds is 4. The fourth-order valence-electron chi connectivity index (χ4n) is 1.66. The lowest BCUT2D eigenvalue weighted by atomic mass is 10.1. The summed E-state index contributed by atoms with van der Waals surface area (Å²) < 4.78 is 22.2. The molecule has 0 heterocycles. The van der Waals surface area contributed by atoms with E-state index in [1.807, 2.05) is 13.0 Å². The maximum Gasteiger partial charge on any atom is 0.253 e. The topological polar surface area (TPSA) is 89.3 Å². The first-order chi connectivity index (χ1) is 8.19. The van der Waals surface area contributed by atoms with Gasteiger partial charge in [0.05, 0.1) is 11.3 Å². The molecule has 0 aliphatic rings. The van der Waals surface area contributed by atoms with Crippen LogP contribution < -0.4 is 11.1 Å². The highest BCUT2D eigenvalue weighted by Crippen LogP contribution is 2.13. The number of nitrogens with one attached hydrogen (secondary N) is 1. The van der Waals surface area contributed by atoms with Crippen molar-refractivity contribution in [1.82, 2.24) is 5.32 Å². The number of carbonyl (C=O) groups excluding carboxylic acids is 1. The average molecular weight is 270 g/mol. The predicted octanol–water partition coefficient (Wildman–Crippen LogP) is 0.740. The van der Waals surface area contributed by atoms with Crippen LogP contribution in [0.25, 0.3) is 0 Å². The molecule has 1 amide bonds. The molecule has 18 heavy (non-hydrogen) atoms. The summed E-state index contributed by atoms with van der Waals surface area (Å²) in [5.74, 6) is -0.447. The van der Waals surface area contributed by atoms with Crippen LogP contribution in [-0.4, -0.2) is 32.4 Å². The number of nitrogen functional groups attached to an aromatic ring is 1. The summed E-state index contributed by atoms with van der Waals surface area (Å²) in [4.78, 5) is 11.9. The normalized spacial score (nSPS) is 13.1. The molecular weight excluding hydrogens is 252 g/mol. The molecule has 3 N–H and O–H groups in total. The monoisotopic (exact) mass is 270 g/mol. The van der Waals surface area contributed by atoms with Crippen molar-refractivity contribution >= 4 is 21.4 Å². The number of aryl methyl sites for hydroxylation is 1. The minimum Gasteiger partial charge on any atom is -0.398 e. The van der Waals surface area contributed by atoms with Gasteiger partial charge in [0, 0.05) is 18.0 Å². The maximum atomic E-state index is 11.9. The van der Waals surface area contributed by atoms with E-state index >= 15 is 0 Å². The van der Waals surface area contributed by atoms with Crippen LogP contribution in [0.5, 0.6) is 0 Å². The Bertz CT molecular complexity index is 552. The molecule has 5 nitrogen and oxygen atoms in total. The van der Waals surface area contributed by atoms with Crippen molar-refractivity contribution in [3.8, 4) is 0 Å². The van der Waals surface area contributed by atoms with Gasteiger partial charge in [-0.2, -0.15) is 0 Å². The Morgan fingerprint density at radius 2 is 2.06 bits per heavy atom. The summed E-state index contributed by atoms with van der Waals surface area (Å²) >= 11 is 0. The number of nitrogens with two attached hydrogens (primary N) is 1. The van der Waals surface area contributed by atoms with Gasteiger partial charge < -0.3 is 11.1 Å². The first kappa shape index (κ1) is 14.5. The Morgan fingerprint density at radius 1 is 1.44 bits per heavy atom. The second-order valence-electron chi connectivity index (χ2n) is 4.56. The van der Waals surface area contributed by atoms with Crippen LogP contribution >= 0.6 is 0 Å². The minimum absolute atomic E-state index is 0.0928. The lowest BCUT2D eigenvalue weighted by Crippen LogP contribution is -2.37. The largest absolute Gasteiger partial charge is 0.398 e. The van der Waals surface area contributed by atoms with Gasteiger partial charge in [-0.1, -0.05) is 11.6 Å². The third kappa shape index (κ3) is 4.37. The van der Waals surface area contributed by atoms with Gasteiger partial charge in [0.1, 0.15) is 9.84 Å². The molecule has 6 heteroatoms. The minimum atomic E-state index is -3.12. The van der Waals surface area contributed by atoms with Gasteiger partial charge in [-0.25, -0.2) is 8.42 Å². The predicted molar refractivity (Wildman–Crippen MR) is 72.2 cm³/mol. The first-order valence-electron chi connectivity index (χ1n) is 5.54. The molecule has 1 rings (SSSR count). The van der Waals surface area contributed by atoms with Crippen molar-refractivity contribution in [1.29, 1.82) is 0 Å². The van der Waals surface area contributed by atoms with E-state index in [0.717, 1.165) is 11.8 Å². The molecule has 1 atom stereocenters. The van der Waals surface area contributed by atoms with Crippen LogP contribution in [0.1, 0.15) is 22.8 Å². The van der Waals surface area contributed by atoms with E-state index in [4.69, 9.17) is 5.73 Å². The Hall–Kier alpha value is -1.56. The molecule has 0 saturated carbocycles. The van der Waals surface area contributed by atoms with Gasteiger partial charge in [0.15, 0.2) is 0 Å². The van der Waals surface area contributed by atoms with Crippen molar-refractivity contribution in [3.63, 3.8) is 0 Å². The Balaban J connectivity index is 2.80. The number of sulfone groups is 1. The van der Waals surface area contributed by atoms with E-state index in [1.54, 1.807) is 19.1 Å². The standard InChI is InChI=1S/C12H18N2O3S/c1-8-4-5-11(13)10(6-8)12(15)14-9(2)7-18(3,16)17/h4-6,9H,7,13H2,1-3H3,(H,14,15). The number of hydrogen-bond acceptors (Lipinski definition) is 4. The average Bonchev–Trinajstić information content (AvgIpc) is 2.18. The highest BCUT2D eigenvalue weighted by Gasteiger charge is 2.16. The Labute approximate surface area is 107 Å². The smallest absolute Gasteiger partial charge is 0.253 e. The van der Waals surface area contributed by atoms with Gasteiger partial charge in [-0.05, 0) is 26.0 Å². The van der Waals surface area contributed by atoms with Crippen molar-refractivity contribution in [2.75, 3.05) is 17.7 Å². The molecule has 0 aliphatic heterocycles. The zero-order chi connectivity index (χ0) is 13.9. The summed E-state index contributed by atoms with van der Waals surface area (Å²) in [6, 6.07) is 4.70. The summed E-state index contributed by atoms with van der Waals surface area (Å²) in [5.41, 5.74) is 7.39. The Kier molecular flexibility index (Phi) is 4.34. The van der Waals surface area contributed by atoms with Gasteiger partial charge in [-0.3, -0.25) is 4.79 Å². The van der Waals surface area contributed by atoms with Crippen LogP contribution in [0.15, 0.2) is 18.2 Å². The van der Waals surface area contributed by atoms with Crippen molar-refractivity contribution in [3.05, 3.63) is 29.3 Å². The summed E-state index contributed by atoms with van der Waals surface area (Å²) in [6.07, 6.45) is 1.14. The zero-order valence-corrected chi connectivity index (χ0v) is 11.5. The summed E-state index contributed by atoms with van der Waals surface area (Å²) in [5, 5.41) is 2.62. The SMILES string of the molecule is Cc1ccc(N)c(C(=O)NC(C)CS(C)(=O)=O)c1. The van der Waals surface area contributed by atoms with Crippen LogP contribution in [0.3, 0.4) is 0 Å². The summed E-state index contributed by atoms with van der Waals surface area (Å²) in [7, 11) is -3.12. The first-order valence-corrected chi connectivity index (χ1v) is 7.60. The summed E-state index contributed by atoms with van der Waals surface area (Å²) in [6.45, 7) is 3.50. The highest BCUT2D eigenvalue weighted by molar-refractivity contribution is 7.90. The maximum absolute atomic E-state index is 11.9. The van der Waals surface area contributed by atoms with Gasteiger partial charge in [0.2, 0.25) is 0 Å². The molecule has 0 aromatic heterocycles. The fourth-order valence-corrected chi connectivity index (χ4v) is 2.66. The third-order valence-corrected chi connectivity index (χ3v) is 3.49. The number of hydrogen-bond donors (Lipinski definition) is 2. The molecule has 0 aliphatic carbocycles. The van der Waals surface area contributed by atoms with Crippen molar-refractivity contribution in [2.24, 2.45) is 0 Å². The van der Waals surface area contributed by atoms with E-state index in [9.17, 15) is 13.2 Å². The van der Waals surface area contributed by atoms with E-state index in [1.165, 1.54) is 0 Å². The van der Waals surface area contributed by atoms with Gasteiger partial charge >= 0.3 is 0 Å². The number of anilines is 1. The second kappa shape index (κ2) is 5.39. The van der Waals surface area contributed by atoms with Crippen LogP contribution in [0, 0.1) is 6.92 Å².